The number of anilines is 1. The number of benzene rings is 2. The number of nitrogens with zero attached hydrogens (tertiary/aromatic N) is 4. The molecule has 2 saturated carbocycles. The van der Waals surface area contributed by atoms with Crippen molar-refractivity contribution in [2.45, 2.75) is 69.3 Å². The van der Waals surface area contributed by atoms with Crippen molar-refractivity contribution in [2.24, 2.45) is 5.92 Å². The van der Waals surface area contributed by atoms with Crippen molar-refractivity contribution in [3.63, 3.8) is 0 Å². The first kappa shape index (κ1) is 28.1. The highest BCUT2D eigenvalue weighted by Crippen LogP contribution is 2.50. The molecule has 1 aliphatic heterocycles. The number of aliphatic hydroxyl groups excluding tert-OH is 2. The molecule has 1 saturated heterocycles. The molecule has 7 nitrogen and oxygen atoms in total. The van der Waals surface area contributed by atoms with Crippen LogP contribution in [-0.2, 0) is 5.54 Å². The van der Waals surface area contributed by atoms with Crippen LogP contribution in [0.15, 0.2) is 54.6 Å². The summed E-state index contributed by atoms with van der Waals surface area (Å²) in [5.41, 5.74) is 2.88. The van der Waals surface area contributed by atoms with E-state index in [1.165, 1.54) is 24.8 Å². The van der Waals surface area contributed by atoms with E-state index in [9.17, 15) is 15.0 Å². The molecule has 212 valence electrons. The van der Waals surface area contributed by atoms with E-state index in [0.717, 1.165) is 44.5 Å². The molecule has 3 fully saturated rings. The number of hydrogen-bond acceptors (Lipinski definition) is 6. The molecule has 7 heteroatoms. The van der Waals surface area contributed by atoms with E-state index < -0.39 is 6.35 Å². The monoisotopic (exact) mass is 534 g/mol. The quantitative estimate of drug-likeness (QED) is 0.505. The Kier molecular flexibility index (Phi) is 8.34. The molecular weight excluding hydrogens is 488 g/mol. The van der Waals surface area contributed by atoms with Gasteiger partial charge in [-0.1, -0.05) is 36.8 Å². The van der Waals surface area contributed by atoms with Crippen molar-refractivity contribution >= 4 is 11.6 Å². The largest absolute Gasteiger partial charge is 0.395 e. The predicted molar refractivity (Wildman–Crippen MR) is 156 cm³/mol. The van der Waals surface area contributed by atoms with Gasteiger partial charge in [0.25, 0.3) is 5.91 Å². The molecule has 0 aromatic heterocycles. The number of rotatable bonds is 9. The lowest BCUT2D eigenvalue weighted by atomic mass is 9.68. The molecule has 2 aromatic carbocycles. The average Bonchev–Trinajstić information content (AvgIpc) is 3.20. The smallest absolute Gasteiger partial charge is 0.253 e. The number of carbonyl (C=O) groups is 1. The highest BCUT2D eigenvalue weighted by atomic mass is 16.3. The Labute approximate surface area is 234 Å². The molecule has 0 bridgehead atoms. The second-order valence-electron chi connectivity index (χ2n) is 12.1. The molecular formula is C32H46N4O3. The molecule has 2 N–H and O–H groups in total. The maximum absolute atomic E-state index is 12.9. The van der Waals surface area contributed by atoms with Crippen LogP contribution in [0.2, 0.25) is 0 Å². The summed E-state index contributed by atoms with van der Waals surface area (Å²) >= 11 is 0. The number of carbonyl (C=O) groups excluding carboxylic acids is 1. The zero-order valence-corrected chi connectivity index (χ0v) is 23.9. The summed E-state index contributed by atoms with van der Waals surface area (Å²) in [5, 5.41) is 21.1. The normalized spacial score (nSPS) is 27.7. The van der Waals surface area contributed by atoms with E-state index in [-0.39, 0.29) is 23.6 Å². The second-order valence-corrected chi connectivity index (χ2v) is 12.1. The van der Waals surface area contributed by atoms with Gasteiger partial charge in [0.15, 0.2) is 6.35 Å². The molecule has 1 unspecified atom stereocenters. The van der Waals surface area contributed by atoms with Gasteiger partial charge in [0.1, 0.15) is 0 Å². The first-order valence-electron chi connectivity index (χ1n) is 14.8. The van der Waals surface area contributed by atoms with Gasteiger partial charge in [-0.3, -0.25) is 14.6 Å². The second kappa shape index (κ2) is 11.6. The van der Waals surface area contributed by atoms with Gasteiger partial charge in [-0.15, -0.1) is 0 Å². The summed E-state index contributed by atoms with van der Waals surface area (Å²) < 4.78 is 0. The number of hydrogen-bond donors (Lipinski definition) is 2. The fourth-order valence-corrected chi connectivity index (χ4v) is 7.19. The maximum Gasteiger partial charge on any atom is 0.253 e. The van der Waals surface area contributed by atoms with Crippen LogP contribution < -0.4 is 4.90 Å². The van der Waals surface area contributed by atoms with Crippen LogP contribution in [0.4, 0.5) is 5.69 Å². The van der Waals surface area contributed by atoms with E-state index in [4.69, 9.17) is 0 Å². The highest BCUT2D eigenvalue weighted by Gasteiger charge is 2.55. The fraction of sp³-hybridized carbons (Fsp3) is 0.594. The van der Waals surface area contributed by atoms with Crippen LogP contribution >= 0.6 is 0 Å². The molecule has 1 spiro atoms. The molecule has 0 radical (unpaired) electrons. The van der Waals surface area contributed by atoms with Crippen LogP contribution in [-0.4, -0.2) is 89.6 Å². The van der Waals surface area contributed by atoms with Crippen molar-refractivity contribution < 1.29 is 15.0 Å². The minimum absolute atomic E-state index is 0.00868. The van der Waals surface area contributed by atoms with Crippen LogP contribution in [0, 0.1) is 5.92 Å². The summed E-state index contributed by atoms with van der Waals surface area (Å²) in [6, 6.07) is 18.6. The fourth-order valence-electron chi connectivity index (χ4n) is 7.19. The Morgan fingerprint density at radius 2 is 1.67 bits per heavy atom. The summed E-state index contributed by atoms with van der Waals surface area (Å²) in [4.78, 5) is 21.5. The third-order valence-electron chi connectivity index (χ3n) is 9.97. The molecule has 2 aromatic rings. The van der Waals surface area contributed by atoms with Crippen LogP contribution in [0.1, 0.15) is 67.8 Å². The zero-order chi connectivity index (χ0) is 27.6. The summed E-state index contributed by atoms with van der Waals surface area (Å²) in [7, 11) is 4.41. The average molecular weight is 535 g/mol. The maximum atomic E-state index is 12.9. The highest BCUT2D eigenvalue weighted by molar-refractivity contribution is 5.94. The lowest BCUT2D eigenvalue weighted by Crippen LogP contribution is -2.57. The van der Waals surface area contributed by atoms with Gasteiger partial charge in [0.05, 0.1) is 6.61 Å². The molecule has 5 rings (SSSR count). The summed E-state index contributed by atoms with van der Waals surface area (Å²) in [6.07, 6.45) is 7.30. The molecule has 1 atom stereocenters. The van der Waals surface area contributed by atoms with Crippen molar-refractivity contribution in [3.8, 4) is 0 Å². The standard InChI is InChI=1S/C32H46N4O3/c1-4-34(21-22-37)29(38)26-13-15-28(16-14-26)35-24-31(36(30(35)39)23-25-9-8-10-25)17-19-32(20-18-31,33(2)3)27-11-6-5-7-12-27/h5-7,11-16,25,30,37,39H,4,8-10,17-24H2,1-3H3/t30?,31-,32+. The van der Waals surface area contributed by atoms with Crippen molar-refractivity contribution in [2.75, 3.05) is 51.8 Å². The number of aliphatic hydroxyl groups is 2. The Morgan fingerprint density at radius 3 is 2.21 bits per heavy atom. The van der Waals surface area contributed by atoms with Gasteiger partial charge < -0.3 is 20.0 Å². The number of amides is 1. The van der Waals surface area contributed by atoms with E-state index in [1.54, 1.807) is 4.90 Å². The van der Waals surface area contributed by atoms with Gasteiger partial charge in [-0.25, -0.2) is 0 Å². The van der Waals surface area contributed by atoms with Gasteiger partial charge in [0, 0.05) is 48.5 Å². The van der Waals surface area contributed by atoms with E-state index in [0.29, 0.717) is 24.6 Å². The Balaban J connectivity index is 1.39. The van der Waals surface area contributed by atoms with E-state index in [2.05, 4.69) is 59.1 Å². The Hall–Kier alpha value is -2.45. The number of likely N-dealkylation sites (N-methyl/N-ethyl adjacent to an activating group) is 1. The molecule has 1 amide bonds. The minimum atomic E-state index is -0.669. The molecule has 2 aliphatic carbocycles. The SMILES string of the molecule is CCN(CCO)C(=O)c1ccc(N2C[C@]3(CC[C@](c4ccccc4)(N(C)C)CC3)N(CC3CCC3)C2O)cc1. The van der Waals surface area contributed by atoms with Gasteiger partial charge >= 0.3 is 0 Å². The first-order chi connectivity index (χ1) is 18.8. The third-order valence-corrected chi connectivity index (χ3v) is 9.97. The Morgan fingerprint density at radius 1 is 1.00 bits per heavy atom. The lowest BCUT2D eigenvalue weighted by Gasteiger charge is -2.52. The lowest BCUT2D eigenvalue weighted by molar-refractivity contribution is -0.0660. The minimum Gasteiger partial charge on any atom is -0.395 e. The van der Waals surface area contributed by atoms with E-state index >= 15 is 0 Å². The first-order valence-corrected chi connectivity index (χ1v) is 14.8. The van der Waals surface area contributed by atoms with Crippen molar-refractivity contribution in [3.05, 3.63) is 65.7 Å². The predicted octanol–water partition coefficient (Wildman–Crippen LogP) is 4.11. The van der Waals surface area contributed by atoms with Crippen molar-refractivity contribution in [1.29, 1.82) is 0 Å². The van der Waals surface area contributed by atoms with Crippen LogP contribution in [0.5, 0.6) is 0 Å². The van der Waals surface area contributed by atoms with Gasteiger partial charge in [-0.05, 0) is 95.3 Å². The zero-order valence-electron chi connectivity index (χ0n) is 23.9. The molecule has 39 heavy (non-hydrogen) atoms. The third kappa shape index (κ3) is 5.22. The van der Waals surface area contributed by atoms with Crippen molar-refractivity contribution in [1.82, 2.24) is 14.7 Å². The van der Waals surface area contributed by atoms with Crippen LogP contribution in [0.3, 0.4) is 0 Å². The summed E-state index contributed by atoms with van der Waals surface area (Å²) in [5.74, 6) is 0.592. The summed E-state index contributed by atoms with van der Waals surface area (Å²) in [6.45, 7) is 4.50. The van der Waals surface area contributed by atoms with Gasteiger partial charge in [-0.2, -0.15) is 0 Å². The van der Waals surface area contributed by atoms with E-state index in [1.807, 2.05) is 31.2 Å². The molecule has 1 heterocycles. The Bertz CT molecular complexity index is 1090. The molecule has 3 aliphatic rings. The van der Waals surface area contributed by atoms with Crippen LogP contribution in [0.25, 0.3) is 0 Å². The van der Waals surface area contributed by atoms with Gasteiger partial charge in [0.2, 0.25) is 0 Å². The topological polar surface area (TPSA) is 70.5 Å².